The minimum atomic E-state index is -1.62. The molecule has 2 atom stereocenters. The number of rotatable bonds is 54. The molecule has 396 valence electrons. The lowest BCUT2D eigenvalue weighted by atomic mass is 10.0. The van der Waals surface area contributed by atoms with Crippen LogP contribution in [0.3, 0.4) is 0 Å². The first-order chi connectivity index (χ1) is 32.6. The third-order valence-electron chi connectivity index (χ3n) is 13.0. The van der Waals surface area contributed by atoms with Crippen LogP contribution >= 0.6 is 0 Å². The predicted octanol–water partition coefficient (Wildman–Crippen LogP) is 15.2. The molecule has 0 aromatic carbocycles. The van der Waals surface area contributed by atoms with Gasteiger partial charge >= 0.3 is 11.9 Å². The SMILES string of the molecule is CCCCCC/C=C\CCCCCCCC(=O)OC(COC(=O)CCCCCCCCCCCCCCCCCCCCCCCCCCCCCCC)COC(OCC[N+](C)(C)C)C(=O)[O-]. The van der Waals surface area contributed by atoms with Gasteiger partial charge in [-0.1, -0.05) is 244 Å². The van der Waals surface area contributed by atoms with E-state index in [0.29, 0.717) is 23.9 Å². The highest BCUT2D eigenvalue weighted by molar-refractivity contribution is 5.70. The molecule has 0 saturated carbocycles. The Balaban J connectivity index is 4.06. The zero-order chi connectivity index (χ0) is 49.2. The summed E-state index contributed by atoms with van der Waals surface area (Å²) in [7, 11) is 5.92. The van der Waals surface area contributed by atoms with E-state index in [-0.39, 0.29) is 32.2 Å². The molecule has 9 nitrogen and oxygen atoms in total. The molecule has 67 heavy (non-hydrogen) atoms. The van der Waals surface area contributed by atoms with Crippen LogP contribution in [0.25, 0.3) is 0 Å². The van der Waals surface area contributed by atoms with Gasteiger partial charge in [0.2, 0.25) is 0 Å². The Kier molecular flexibility index (Phi) is 48.9. The van der Waals surface area contributed by atoms with Crippen LogP contribution in [0.2, 0.25) is 0 Å². The molecule has 0 aromatic heterocycles. The Morgan fingerprint density at radius 3 is 1.12 bits per heavy atom. The highest BCUT2D eigenvalue weighted by atomic mass is 16.7. The van der Waals surface area contributed by atoms with Crippen molar-refractivity contribution in [3.63, 3.8) is 0 Å². The molecule has 0 aliphatic carbocycles. The number of unbranched alkanes of at least 4 members (excludes halogenated alkanes) is 37. The Bertz CT molecular complexity index is 1110. The fraction of sp³-hybridized carbons (Fsp3) is 0.914. The number of ether oxygens (including phenoxy) is 4. The van der Waals surface area contributed by atoms with E-state index < -0.39 is 24.3 Å². The quantitative estimate of drug-likeness (QED) is 0.0195. The Morgan fingerprint density at radius 1 is 0.433 bits per heavy atom. The van der Waals surface area contributed by atoms with E-state index in [4.69, 9.17) is 18.9 Å². The molecule has 0 fully saturated rings. The predicted molar refractivity (Wildman–Crippen MR) is 279 cm³/mol. The highest BCUT2D eigenvalue weighted by Gasteiger charge is 2.22. The maximum atomic E-state index is 12.8. The fourth-order valence-corrected chi connectivity index (χ4v) is 8.53. The Hall–Kier alpha value is -1.97. The molecule has 0 amide bonds. The van der Waals surface area contributed by atoms with Crippen molar-refractivity contribution >= 4 is 17.9 Å². The maximum absolute atomic E-state index is 12.8. The van der Waals surface area contributed by atoms with Crippen molar-refractivity contribution in [3.05, 3.63) is 12.2 Å². The van der Waals surface area contributed by atoms with Gasteiger partial charge in [-0.15, -0.1) is 0 Å². The molecule has 0 saturated heterocycles. The minimum Gasteiger partial charge on any atom is -0.545 e. The molecule has 0 rings (SSSR count). The molecule has 0 heterocycles. The number of esters is 2. The van der Waals surface area contributed by atoms with Crippen molar-refractivity contribution in [1.29, 1.82) is 0 Å². The van der Waals surface area contributed by atoms with Crippen molar-refractivity contribution in [2.75, 3.05) is 47.5 Å². The smallest absolute Gasteiger partial charge is 0.306 e. The normalized spacial score (nSPS) is 12.8. The summed E-state index contributed by atoms with van der Waals surface area (Å²) in [6.07, 6.45) is 54.2. The van der Waals surface area contributed by atoms with Gasteiger partial charge in [0.25, 0.3) is 0 Å². The molecule has 0 N–H and O–H groups in total. The van der Waals surface area contributed by atoms with Crippen LogP contribution in [0.5, 0.6) is 0 Å². The first-order valence-corrected chi connectivity index (χ1v) is 28.8. The van der Waals surface area contributed by atoms with Crippen LogP contribution in [0.15, 0.2) is 12.2 Å². The molecule has 0 spiro atoms. The third-order valence-corrected chi connectivity index (χ3v) is 13.0. The second kappa shape index (κ2) is 50.4. The lowest BCUT2D eigenvalue weighted by molar-refractivity contribution is -0.870. The summed E-state index contributed by atoms with van der Waals surface area (Å²) in [4.78, 5) is 37.2. The van der Waals surface area contributed by atoms with Gasteiger partial charge in [0.15, 0.2) is 12.4 Å². The van der Waals surface area contributed by atoms with E-state index in [2.05, 4.69) is 26.0 Å². The summed E-state index contributed by atoms with van der Waals surface area (Å²) < 4.78 is 22.7. The van der Waals surface area contributed by atoms with Crippen molar-refractivity contribution in [2.45, 2.75) is 296 Å². The van der Waals surface area contributed by atoms with Crippen molar-refractivity contribution in [2.24, 2.45) is 0 Å². The number of carbonyl (C=O) groups is 3. The van der Waals surface area contributed by atoms with Gasteiger partial charge in [-0.3, -0.25) is 9.59 Å². The average molecular weight is 951 g/mol. The van der Waals surface area contributed by atoms with E-state index in [1.807, 2.05) is 21.1 Å². The summed E-state index contributed by atoms with van der Waals surface area (Å²) in [5, 5.41) is 11.7. The number of likely N-dealkylation sites (N-methyl/N-ethyl adjacent to an activating group) is 1. The number of carbonyl (C=O) groups excluding carboxylic acids is 3. The molecular formula is C58H111NO8. The van der Waals surface area contributed by atoms with Crippen molar-refractivity contribution in [3.8, 4) is 0 Å². The van der Waals surface area contributed by atoms with Crippen LogP contribution in [0.1, 0.15) is 284 Å². The lowest BCUT2D eigenvalue weighted by Crippen LogP contribution is -2.44. The van der Waals surface area contributed by atoms with Crippen LogP contribution < -0.4 is 5.11 Å². The third kappa shape index (κ3) is 51.7. The van der Waals surface area contributed by atoms with Crippen LogP contribution in [0.4, 0.5) is 0 Å². The van der Waals surface area contributed by atoms with Gasteiger partial charge in [-0.2, -0.15) is 0 Å². The first kappa shape index (κ1) is 65.0. The minimum absolute atomic E-state index is 0.149. The summed E-state index contributed by atoms with van der Waals surface area (Å²) in [5.41, 5.74) is 0. The maximum Gasteiger partial charge on any atom is 0.306 e. The van der Waals surface area contributed by atoms with Crippen molar-refractivity contribution < 1.29 is 42.9 Å². The number of carboxylic acid groups (broad SMARTS) is 1. The lowest BCUT2D eigenvalue weighted by Gasteiger charge is -2.26. The molecule has 0 bridgehead atoms. The average Bonchev–Trinajstić information content (AvgIpc) is 3.29. The van der Waals surface area contributed by atoms with E-state index in [1.165, 1.54) is 199 Å². The van der Waals surface area contributed by atoms with E-state index in [9.17, 15) is 19.5 Å². The highest BCUT2D eigenvalue weighted by Crippen LogP contribution is 2.18. The second-order valence-electron chi connectivity index (χ2n) is 20.9. The molecule has 0 radical (unpaired) electrons. The van der Waals surface area contributed by atoms with E-state index >= 15 is 0 Å². The number of allylic oxidation sites excluding steroid dienone is 2. The number of aliphatic carboxylic acids is 1. The zero-order valence-electron chi connectivity index (χ0n) is 45.0. The molecule has 0 aliphatic heterocycles. The number of nitrogens with zero attached hydrogens (tertiary/aromatic N) is 1. The summed E-state index contributed by atoms with van der Waals surface area (Å²) in [6.45, 7) is 4.76. The largest absolute Gasteiger partial charge is 0.545 e. The second-order valence-corrected chi connectivity index (χ2v) is 20.9. The summed E-state index contributed by atoms with van der Waals surface area (Å²) in [6, 6.07) is 0. The standard InChI is InChI=1S/C58H111NO8/c1-6-8-10-12-14-16-18-20-21-22-23-24-25-26-27-28-29-30-31-32-33-34-35-37-38-40-42-44-46-48-55(60)65-52-54(53-66-58(57(62)63)64-51-50-59(3,4)5)67-56(61)49-47-45-43-41-39-36-19-17-15-13-11-9-7-2/h17,19,54,58H,6-16,18,20-53H2,1-5H3/b19-17-. The van der Waals surface area contributed by atoms with Crippen LogP contribution in [-0.2, 0) is 33.3 Å². The molecule has 0 aliphatic rings. The zero-order valence-corrected chi connectivity index (χ0v) is 45.0. The molecular weight excluding hydrogens is 839 g/mol. The number of carboxylic acids is 1. The van der Waals surface area contributed by atoms with Gasteiger partial charge in [-0.05, 0) is 38.5 Å². The van der Waals surface area contributed by atoms with Gasteiger partial charge in [0.05, 0.1) is 40.3 Å². The van der Waals surface area contributed by atoms with Gasteiger partial charge < -0.3 is 33.3 Å². The van der Waals surface area contributed by atoms with Gasteiger partial charge in [0, 0.05) is 12.8 Å². The Labute approximate surface area is 415 Å². The summed E-state index contributed by atoms with van der Waals surface area (Å²) in [5.74, 6) is -2.28. The van der Waals surface area contributed by atoms with Crippen LogP contribution in [-0.4, -0.2) is 82.3 Å². The van der Waals surface area contributed by atoms with E-state index in [0.717, 1.165) is 51.4 Å². The van der Waals surface area contributed by atoms with Gasteiger partial charge in [-0.25, -0.2) is 0 Å². The molecule has 9 heteroatoms. The summed E-state index contributed by atoms with van der Waals surface area (Å²) >= 11 is 0. The Morgan fingerprint density at radius 2 is 0.761 bits per heavy atom. The molecule has 0 aromatic rings. The van der Waals surface area contributed by atoms with E-state index in [1.54, 1.807) is 0 Å². The monoisotopic (exact) mass is 950 g/mol. The van der Waals surface area contributed by atoms with Crippen LogP contribution in [0, 0.1) is 0 Å². The number of hydrogen-bond donors (Lipinski definition) is 0. The number of hydrogen-bond acceptors (Lipinski definition) is 8. The van der Waals surface area contributed by atoms with Gasteiger partial charge in [0.1, 0.15) is 13.2 Å². The molecule has 2 unspecified atom stereocenters. The fourth-order valence-electron chi connectivity index (χ4n) is 8.53. The topological polar surface area (TPSA) is 111 Å². The number of quaternary nitrogens is 1. The first-order valence-electron chi connectivity index (χ1n) is 28.8. The van der Waals surface area contributed by atoms with Crippen molar-refractivity contribution in [1.82, 2.24) is 0 Å².